The number of nitrogens with zero attached hydrogens (tertiary/aromatic N) is 1. The normalized spacial score (nSPS) is 10.2. The molecule has 0 fully saturated rings. The van der Waals surface area contributed by atoms with E-state index in [9.17, 15) is 4.79 Å². The highest BCUT2D eigenvalue weighted by atomic mass is 16.1. The Morgan fingerprint density at radius 2 is 1.64 bits per heavy atom. The molecule has 0 radical (unpaired) electrons. The zero-order valence-electron chi connectivity index (χ0n) is 12.1. The molecule has 0 aliphatic heterocycles. The molecule has 0 spiro atoms. The summed E-state index contributed by atoms with van der Waals surface area (Å²) in [4.78, 5) is 14.9. The first kappa shape index (κ1) is 13.8. The van der Waals surface area contributed by atoms with E-state index < -0.39 is 0 Å². The summed E-state index contributed by atoms with van der Waals surface area (Å²) in [6.07, 6.45) is 0. The van der Waals surface area contributed by atoms with Crippen LogP contribution in [0.2, 0.25) is 0 Å². The predicted octanol–water partition coefficient (Wildman–Crippen LogP) is 3.89. The van der Waals surface area contributed by atoms with Crippen LogP contribution in [0.1, 0.15) is 11.1 Å². The monoisotopic (exact) mass is 286 g/mol. The van der Waals surface area contributed by atoms with E-state index in [0.29, 0.717) is 0 Å². The minimum Gasteiger partial charge on any atom is -0.320 e. The number of rotatable bonds is 2. The summed E-state index contributed by atoms with van der Waals surface area (Å²) in [6.45, 7) is 2.02. The van der Waals surface area contributed by atoms with E-state index in [1.807, 2.05) is 67.6 Å². The molecular formula is C19H14N2O. The summed E-state index contributed by atoms with van der Waals surface area (Å²) >= 11 is 0. The Morgan fingerprint density at radius 3 is 2.27 bits per heavy atom. The standard InChI is InChI=1S/C19H14N2O/c1-13-7-9-14(10-8-13)17-11-16(12-20)19(22)21-18(17)15-5-3-2-4-6-15/h2-11H,1H3,(H,21,22). The number of hydrogen-bond acceptors (Lipinski definition) is 2. The molecule has 0 aliphatic carbocycles. The number of H-pyrrole nitrogens is 1. The van der Waals surface area contributed by atoms with E-state index in [4.69, 9.17) is 5.26 Å². The van der Waals surface area contributed by atoms with Crippen molar-refractivity contribution in [3.63, 3.8) is 0 Å². The zero-order chi connectivity index (χ0) is 15.5. The van der Waals surface area contributed by atoms with Crippen LogP contribution in [0.15, 0.2) is 65.5 Å². The van der Waals surface area contributed by atoms with Crippen molar-refractivity contribution >= 4 is 0 Å². The van der Waals surface area contributed by atoms with Gasteiger partial charge in [0.15, 0.2) is 0 Å². The van der Waals surface area contributed by atoms with Gasteiger partial charge >= 0.3 is 0 Å². The third-order valence-corrected chi connectivity index (χ3v) is 3.59. The van der Waals surface area contributed by atoms with Crippen LogP contribution in [0.25, 0.3) is 22.4 Å². The van der Waals surface area contributed by atoms with Crippen LogP contribution in [0.3, 0.4) is 0 Å². The lowest BCUT2D eigenvalue weighted by molar-refractivity contribution is 1.22. The second kappa shape index (κ2) is 5.71. The van der Waals surface area contributed by atoms with E-state index >= 15 is 0 Å². The molecule has 0 saturated carbocycles. The fraction of sp³-hybridized carbons (Fsp3) is 0.0526. The lowest BCUT2D eigenvalue weighted by Crippen LogP contribution is -2.11. The average Bonchev–Trinajstić information content (AvgIpc) is 2.56. The van der Waals surface area contributed by atoms with Gasteiger partial charge in [-0.15, -0.1) is 0 Å². The number of nitrogens with one attached hydrogen (secondary N) is 1. The second-order valence-corrected chi connectivity index (χ2v) is 5.14. The van der Waals surface area contributed by atoms with Gasteiger partial charge in [0.1, 0.15) is 11.6 Å². The molecule has 0 atom stereocenters. The molecule has 1 heterocycles. The third-order valence-electron chi connectivity index (χ3n) is 3.59. The van der Waals surface area contributed by atoms with Crippen LogP contribution >= 0.6 is 0 Å². The lowest BCUT2D eigenvalue weighted by atomic mass is 9.97. The molecule has 0 amide bonds. The van der Waals surface area contributed by atoms with Crippen molar-refractivity contribution in [1.29, 1.82) is 5.26 Å². The molecule has 0 saturated heterocycles. The Balaban J connectivity index is 2.29. The Labute approximate surface area is 128 Å². The van der Waals surface area contributed by atoms with Crippen LogP contribution in [-0.2, 0) is 0 Å². The van der Waals surface area contributed by atoms with Crippen molar-refractivity contribution < 1.29 is 0 Å². The Hall–Kier alpha value is -3.12. The third kappa shape index (κ3) is 2.55. The van der Waals surface area contributed by atoms with E-state index in [0.717, 1.165) is 27.9 Å². The van der Waals surface area contributed by atoms with Gasteiger partial charge in [-0.1, -0.05) is 60.2 Å². The van der Waals surface area contributed by atoms with Crippen LogP contribution in [0.4, 0.5) is 0 Å². The van der Waals surface area contributed by atoms with Gasteiger partial charge in [-0.05, 0) is 24.1 Å². The number of aromatic nitrogens is 1. The topological polar surface area (TPSA) is 56.6 Å². The first-order chi connectivity index (χ1) is 10.7. The predicted molar refractivity (Wildman–Crippen MR) is 87.4 cm³/mol. The Bertz CT molecular complexity index is 901. The van der Waals surface area contributed by atoms with Gasteiger partial charge < -0.3 is 4.98 Å². The van der Waals surface area contributed by atoms with Crippen LogP contribution < -0.4 is 5.56 Å². The summed E-state index contributed by atoms with van der Waals surface area (Å²) in [7, 11) is 0. The van der Waals surface area contributed by atoms with Gasteiger partial charge in [0.2, 0.25) is 0 Å². The minimum atomic E-state index is -0.364. The summed E-state index contributed by atoms with van der Waals surface area (Å²) in [6, 6.07) is 21.3. The van der Waals surface area contributed by atoms with Crippen LogP contribution in [-0.4, -0.2) is 4.98 Å². The summed E-state index contributed by atoms with van der Waals surface area (Å²) < 4.78 is 0. The molecular weight excluding hydrogens is 272 g/mol. The van der Waals surface area contributed by atoms with Gasteiger partial charge in [0, 0.05) is 5.56 Å². The summed E-state index contributed by atoms with van der Waals surface area (Å²) in [5, 5.41) is 9.13. The smallest absolute Gasteiger partial charge is 0.266 e. The molecule has 0 bridgehead atoms. The maximum Gasteiger partial charge on any atom is 0.266 e. The fourth-order valence-corrected chi connectivity index (χ4v) is 2.41. The first-order valence-electron chi connectivity index (χ1n) is 6.99. The van der Waals surface area contributed by atoms with Crippen LogP contribution in [0, 0.1) is 18.3 Å². The molecule has 1 aromatic heterocycles. The van der Waals surface area contributed by atoms with Gasteiger partial charge in [-0.3, -0.25) is 4.79 Å². The van der Waals surface area contributed by atoms with E-state index in [1.165, 1.54) is 0 Å². The van der Waals surface area contributed by atoms with Gasteiger partial charge in [-0.25, -0.2) is 0 Å². The largest absolute Gasteiger partial charge is 0.320 e. The molecule has 0 aliphatic rings. The maximum absolute atomic E-state index is 12.0. The zero-order valence-corrected chi connectivity index (χ0v) is 12.1. The number of benzene rings is 2. The van der Waals surface area contributed by atoms with E-state index in [1.54, 1.807) is 6.07 Å². The highest BCUT2D eigenvalue weighted by Crippen LogP contribution is 2.30. The molecule has 22 heavy (non-hydrogen) atoms. The maximum atomic E-state index is 12.0. The van der Waals surface area contributed by atoms with Gasteiger partial charge in [0.05, 0.1) is 5.69 Å². The van der Waals surface area contributed by atoms with Gasteiger partial charge in [-0.2, -0.15) is 5.26 Å². The lowest BCUT2D eigenvalue weighted by Gasteiger charge is -2.11. The molecule has 3 rings (SSSR count). The number of nitriles is 1. The average molecular weight is 286 g/mol. The number of aromatic amines is 1. The molecule has 3 heteroatoms. The Kier molecular flexibility index (Phi) is 3.59. The number of aryl methyl sites for hydroxylation is 1. The molecule has 2 aromatic carbocycles. The molecule has 1 N–H and O–H groups in total. The quantitative estimate of drug-likeness (QED) is 0.777. The SMILES string of the molecule is Cc1ccc(-c2cc(C#N)c(=O)[nH]c2-c2ccccc2)cc1. The Morgan fingerprint density at radius 1 is 0.955 bits per heavy atom. The summed E-state index contributed by atoms with van der Waals surface area (Å²) in [5.41, 5.74) is 4.38. The van der Waals surface area contributed by atoms with E-state index in [-0.39, 0.29) is 11.1 Å². The van der Waals surface area contributed by atoms with Crippen molar-refractivity contribution in [2.75, 3.05) is 0 Å². The second-order valence-electron chi connectivity index (χ2n) is 5.14. The molecule has 3 nitrogen and oxygen atoms in total. The van der Waals surface area contributed by atoms with Crippen molar-refractivity contribution in [2.45, 2.75) is 6.92 Å². The molecule has 3 aromatic rings. The number of pyridine rings is 1. The van der Waals surface area contributed by atoms with Crippen molar-refractivity contribution in [3.05, 3.63) is 82.1 Å². The molecule has 0 unspecified atom stereocenters. The van der Waals surface area contributed by atoms with Crippen molar-refractivity contribution in [2.24, 2.45) is 0 Å². The summed E-state index contributed by atoms with van der Waals surface area (Å²) in [5.74, 6) is 0. The molecule has 106 valence electrons. The fourth-order valence-electron chi connectivity index (χ4n) is 2.41. The minimum absolute atomic E-state index is 0.121. The highest BCUT2D eigenvalue weighted by Gasteiger charge is 2.12. The van der Waals surface area contributed by atoms with Crippen LogP contribution in [0.5, 0.6) is 0 Å². The first-order valence-corrected chi connectivity index (χ1v) is 6.99. The highest BCUT2D eigenvalue weighted by molar-refractivity contribution is 5.81. The van der Waals surface area contributed by atoms with Crippen molar-refractivity contribution in [3.8, 4) is 28.5 Å². The van der Waals surface area contributed by atoms with E-state index in [2.05, 4.69) is 4.98 Å². The van der Waals surface area contributed by atoms with Gasteiger partial charge in [0.25, 0.3) is 5.56 Å². The number of hydrogen-bond donors (Lipinski definition) is 1. The van der Waals surface area contributed by atoms with Crippen molar-refractivity contribution in [1.82, 2.24) is 4.98 Å².